The van der Waals surface area contributed by atoms with E-state index in [0.29, 0.717) is 12.1 Å². The van der Waals surface area contributed by atoms with Crippen LogP contribution in [0.1, 0.15) is 10.4 Å². The van der Waals surface area contributed by atoms with Crippen molar-refractivity contribution in [2.45, 2.75) is 6.54 Å². The Morgan fingerprint density at radius 1 is 1.40 bits per heavy atom. The molecular weight excluding hydrogens is 192 g/mol. The molecular formula is C11H12N2O2. The summed E-state index contributed by atoms with van der Waals surface area (Å²) < 4.78 is 1.93. The van der Waals surface area contributed by atoms with Crippen LogP contribution >= 0.6 is 0 Å². The van der Waals surface area contributed by atoms with Crippen molar-refractivity contribution >= 4 is 16.8 Å². The van der Waals surface area contributed by atoms with E-state index >= 15 is 0 Å². The number of aliphatic hydroxyl groups excluding tert-OH is 1. The van der Waals surface area contributed by atoms with Crippen molar-refractivity contribution in [2.24, 2.45) is 5.73 Å². The predicted octanol–water partition coefficient (Wildman–Crippen LogP) is 0.732. The van der Waals surface area contributed by atoms with Gasteiger partial charge in [0.05, 0.1) is 6.61 Å². The van der Waals surface area contributed by atoms with Crippen molar-refractivity contribution in [3.63, 3.8) is 0 Å². The Morgan fingerprint density at radius 2 is 2.20 bits per heavy atom. The van der Waals surface area contributed by atoms with Crippen molar-refractivity contribution < 1.29 is 9.90 Å². The fourth-order valence-corrected chi connectivity index (χ4v) is 1.66. The number of rotatable bonds is 3. The third-order valence-corrected chi connectivity index (χ3v) is 2.40. The van der Waals surface area contributed by atoms with E-state index in [-0.39, 0.29) is 6.61 Å². The predicted molar refractivity (Wildman–Crippen MR) is 57.5 cm³/mol. The van der Waals surface area contributed by atoms with E-state index in [4.69, 9.17) is 10.8 Å². The van der Waals surface area contributed by atoms with Crippen LogP contribution in [0.3, 0.4) is 0 Å². The number of amides is 1. The second kappa shape index (κ2) is 3.74. The number of carbonyl (C=O) groups excluding carboxylic acids is 1. The van der Waals surface area contributed by atoms with Gasteiger partial charge in [0.25, 0.3) is 0 Å². The average Bonchev–Trinajstić information content (AvgIpc) is 2.61. The quantitative estimate of drug-likeness (QED) is 0.774. The highest BCUT2D eigenvalue weighted by Crippen LogP contribution is 2.17. The molecule has 0 radical (unpaired) electrons. The Labute approximate surface area is 86.9 Å². The molecule has 15 heavy (non-hydrogen) atoms. The average molecular weight is 204 g/mol. The van der Waals surface area contributed by atoms with E-state index in [2.05, 4.69) is 0 Å². The van der Waals surface area contributed by atoms with Gasteiger partial charge in [0.1, 0.15) is 0 Å². The van der Waals surface area contributed by atoms with Gasteiger partial charge in [-0.15, -0.1) is 0 Å². The first-order chi connectivity index (χ1) is 7.22. The molecule has 0 aliphatic carbocycles. The minimum Gasteiger partial charge on any atom is -0.395 e. The highest BCUT2D eigenvalue weighted by Gasteiger charge is 2.04. The fourth-order valence-electron chi connectivity index (χ4n) is 1.66. The van der Waals surface area contributed by atoms with Gasteiger partial charge in [0.2, 0.25) is 5.91 Å². The molecule has 0 unspecified atom stereocenters. The first kappa shape index (κ1) is 9.73. The molecule has 1 aromatic heterocycles. The van der Waals surface area contributed by atoms with Gasteiger partial charge in [-0.3, -0.25) is 4.79 Å². The van der Waals surface area contributed by atoms with Gasteiger partial charge in [-0.05, 0) is 24.3 Å². The zero-order valence-corrected chi connectivity index (χ0v) is 8.18. The van der Waals surface area contributed by atoms with E-state index in [9.17, 15) is 4.79 Å². The normalized spacial score (nSPS) is 10.7. The highest BCUT2D eigenvalue weighted by atomic mass is 16.3. The van der Waals surface area contributed by atoms with E-state index in [1.54, 1.807) is 12.1 Å². The van der Waals surface area contributed by atoms with Crippen LogP contribution in [0.4, 0.5) is 0 Å². The Bertz CT molecular complexity index is 502. The molecule has 0 aliphatic heterocycles. The molecule has 2 rings (SSSR count). The third-order valence-electron chi connectivity index (χ3n) is 2.40. The minimum absolute atomic E-state index is 0.0986. The van der Waals surface area contributed by atoms with Crippen LogP contribution in [-0.2, 0) is 6.54 Å². The van der Waals surface area contributed by atoms with Crippen molar-refractivity contribution in [3.05, 3.63) is 36.0 Å². The van der Waals surface area contributed by atoms with Crippen LogP contribution in [0, 0.1) is 0 Å². The molecule has 0 bridgehead atoms. The maximum Gasteiger partial charge on any atom is 0.248 e. The van der Waals surface area contributed by atoms with Crippen LogP contribution in [-0.4, -0.2) is 22.2 Å². The van der Waals surface area contributed by atoms with Gasteiger partial charge in [0, 0.05) is 29.2 Å². The SMILES string of the molecule is NC(=O)c1ccc2c(ccn2CCO)c1. The first-order valence-corrected chi connectivity index (χ1v) is 4.72. The molecule has 0 spiro atoms. The van der Waals surface area contributed by atoms with Crippen LogP contribution in [0.15, 0.2) is 30.5 Å². The molecule has 0 saturated carbocycles. The smallest absolute Gasteiger partial charge is 0.248 e. The number of carbonyl (C=O) groups is 1. The lowest BCUT2D eigenvalue weighted by Gasteiger charge is -2.02. The topological polar surface area (TPSA) is 68.2 Å². The highest BCUT2D eigenvalue weighted by molar-refractivity contribution is 5.97. The van der Waals surface area contributed by atoms with Crippen LogP contribution < -0.4 is 5.73 Å². The largest absolute Gasteiger partial charge is 0.395 e. The van der Waals surface area contributed by atoms with Crippen molar-refractivity contribution in [3.8, 4) is 0 Å². The van der Waals surface area contributed by atoms with Gasteiger partial charge < -0.3 is 15.4 Å². The fraction of sp³-hybridized carbons (Fsp3) is 0.182. The lowest BCUT2D eigenvalue weighted by atomic mass is 10.1. The number of hydrogen-bond donors (Lipinski definition) is 2. The molecule has 4 heteroatoms. The maximum atomic E-state index is 11.0. The lowest BCUT2D eigenvalue weighted by Crippen LogP contribution is -2.10. The summed E-state index contributed by atoms with van der Waals surface area (Å²) in [6.45, 7) is 0.654. The molecule has 2 aromatic rings. The number of aromatic nitrogens is 1. The van der Waals surface area contributed by atoms with Crippen molar-refractivity contribution in [2.75, 3.05) is 6.61 Å². The number of benzene rings is 1. The molecule has 0 atom stereocenters. The second-order valence-electron chi connectivity index (χ2n) is 3.37. The van der Waals surface area contributed by atoms with Gasteiger partial charge in [-0.25, -0.2) is 0 Å². The zero-order chi connectivity index (χ0) is 10.8. The molecule has 78 valence electrons. The molecule has 4 nitrogen and oxygen atoms in total. The molecule has 1 aromatic carbocycles. The number of primary amides is 1. The minimum atomic E-state index is -0.424. The summed E-state index contributed by atoms with van der Waals surface area (Å²) in [6, 6.07) is 7.19. The standard InChI is InChI=1S/C11H12N2O2/c12-11(15)9-1-2-10-8(7-9)3-4-13(10)5-6-14/h1-4,7,14H,5-6H2,(H2,12,15). The summed E-state index contributed by atoms with van der Waals surface area (Å²) in [7, 11) is 0. The van der Waals surface area contributed by atoms with Crippen molar-refractivity contribution in [1.82, 2.24) is 4.57 Å². The van der Waals surface area contributed by atoms with E-state index in [1.165, 1.54) is 0 Å². The summed E-state index contributed by atoms with van der Waals surface area (Å²) in [6.07, 6.45) is 1.88. The van der Waals surface area contributed by atoms with Crippen LogP contribution in [0.2, 0.25) is 0 Å². The Kier molecular flexibility index (Phi) is 2.43. The van der Waals surface area contributed by atoms with Crippen LogP contribution in [0.5, 0.6) is 0 Å². The molecule has 0 saturated heterocycles. The number of nitrogens with two attached hydrogens (primary N) is 1. The maximum absolute atomic E-state index is 11.0. The summed E-state index contributed by atoms with van der Waals surface area (Å²) >= 11 is 0. The van der Waals surface area contributed by atoms with Gasteiger partial charge in [-0.2, -0.15) is 0 Å². The van der Waals surface area contributed by atoms with Crippen LogP contribution in [0.25, 0.3) is 10.9 Å². The molecule has 0 aliphatic rings. The Balaban J connectivity index is 2.51. The summed E-state index contributed by atoms with van der Waals surface area (Å²) in [5, 5.41) is 9.80. The molecule has 1 heterocycles. The number of nitrogens with zero attached hydrogens (tertiary/aromatic N) is 1. The second-order valence-corrected chi connectivity index (χ2v) is 3.37. The summed E-state index contributed by atoms with van der Waals surface area (Å²) in [5.41, 5.74) is 6.68. The number of fused-ring (bicyclic) bond motifs is 1. The van der Waals surface area contributed by atoms with E-state index in [0.717, 1.165) is 10.9 Å². The molecule has 0 fully saturated rings. The Hall–Kier alpha value is -1.81. The van der Waals surface area contributed by atoms with Gasteiger partial charge in [-0.1, -0.05) is 0 Å². The van der Waals surface area contributed by atoms with Gasteiger partial charge >= 0.3 is 0 Å². The van der Waals surface area contributed by atoms with E-state index in [1.807, 2.05) is 22.9 Å². The number of aliphatic hydroxyl groups is 1. The monoisotopic (exact) mass is 204 g/mol. The summed E-state index contributed by atoms with van der Waals surface area (Å²) in [4.78, 5) is 11.0. The molecule has 3 N–H and O–H groups in total. The first-order valence-electron chi connectivity index (χ1n) is 4.72. The third kappa shape index (κ3) is 1.71. The van der Waals surface area contributed by atoms with Gasteiger partial charge in [0.15, 0.2) is 0 Å². The zero-order valence-electron chi connectivity index (χ0n) is 8.18. The molecule has 1 amide bonds. The Morgan fingerprint density at radius 3 is 2.87 bits per heavy atom. The lowest BCUT2D eigenvalue weighted by molar-refractivity contribution is 0.100. The van der Waals surface area contributed by atoms with E-state index < -0.39 is 5.91 Å². The number of hydrogen-bond acceptors (Lipinski definition) is 2. The van der Waals surface area contributed by atoms with Crippen molar-refractivity contribution in [1.29, 1.82) is 0 Å². The summed E-state index contributed by atoms with van der Waals surface area (Å²) in [5.74, 6) is -0.424.